The molecule has 0 amide bonds. The van der Waals surface area contributed by atoms with E-state index in [1.807, 2.05) is 42.2 Å². The zero-order chi connectivity index (χ0) is 38.7. The molecule has 0 saturated heterocycles. The summed E-state index contributed by atoms with van der Waals surface area (Å²) in [5.74, 6) is -0.946. The van der Waals surface area contributed by atoms with E-state index in [4.69, 9.17) is 37.9 Å². The van der Waals surface area contributed by atoms with Crippen LogP contribution in [0.5, 0.6) is 0 Å². The van der Waals surface area contributed by atoms with Crippen molar-refractivity contribution >= 4 is 11.9 Å². The Bertz CT molecular complexity index is 1820. The lowest BCUT2D eigenvalue weighted by Crippen LogP contribution is -2.27. The predicted molar refractivity (Wildman–Crippen MR) is 196 cm³/mol. The summed E-state index contributed by atoms with van der Waals surface area (Å²) in [5, 5.41) is 17.4. The van der Waals surface area contributed by atoms with Crippen LogP contribution in [0.1, 0.15) is 20.7 Å². The molecular weight excluding hydrogens is 714 g/mol. The van der Waals surface area contributed by atoms with Gasteiger partial charge in [0.25, 0.3) is 0 Å². The third-order valence-electron chi connectivity index (χ3n) is 7.80. The standard InChI is InChI=1S/C38H46N7O10/c1-43-25-31(35-27-44(41-39-35)33-8-4-6-29(23-33)37(46)54-20-18-52-16-14-50-12-10-48-2)22-32(26-43)36-28-45(42-40-36)34-9-5-7-30(24-34)38(47)55-21-19-53-17-15-51-13-11-49-3/h4-9,22-28H,10-21H2,1-3H3/q+1. The number of hydrogen-bond acceptors (Lipinski definition) is 14. The van der Waals surface area contributed by atoms with Crippen LogP contribution >= 0.6 is 0 Å². The molecule has 0 aliphatic carbocycles. The van der Waals surface area contributed by atoms with Crippen LogP contribution in [-0.4, -0.2) is 135 Å². The van der Waals surface area contributed by atoms with Gasteiger partial charge < -0.3 is 37.9 Å². The molecule has 5 rings (SSSR count). The Morgan fingerprint density at radius 1 is 0.564 bits per heavy atom. The van der Waals surface area contributed by atoms with E-state index in [1.165, 1.54) is 0 Å². The van der Waals surface area contributed by atoms with Crippen molar-refractivity contribution in [1.82, 2.24) is 30.0 Å². The number of aryl methyl sites for hydroxylation is 1. The number of esters is 2. The molecule has 17 heteroatoms. The number of benzene rings is 2. The molecule has 17 nitrogen and oxygen atoms in total. The van der Waals surface area contributed by atoms with Crippen LogP contribution in [0.2, 0.25) is 0 Å². The Labute approximate surface area is 318 Å². The van der Waals surface area contributed by atoms with Gasteiger partial charge in [-0.05, 0) is 42.5 Å². The minimum atomic E-state index is -0.473. The molecule has 0 bridgehead atoms. The van der Waals surface area contributed by atoms with Crippen molar-refractivity contribution in [1.29, 1.82) is 0 Å². The van der Waals surface area contributed by atoms with Crippen molar-refractivity contribution < 1.29 is 52.1 Å². The van der Waals surface area contributed by atoms with Gasteiger partial charge in [-0.2, -0.15) is 0 Å². The molecular formula is C38H46N7O10+. The summed E-state index contributed by atoms with van der Waals surface area (Å²) in [4.78, 5) is 25.4. The molecule has 0 radical (unpaired) electrons. The number of aromatic nitrogens is 7. The van der Waals surface area contributed by atoms with E-state index in [2.05, 4.69) is 20.6 Å². The third kappa shape index (κ3) is 12.8. The highest BCUT2D eigenvalue weighted by Gasteiger charge is 2.17. The van der Waals surface area contributed by atoms with Crippen molar-refractivity contribution in [2.75, 3.05) is 93.5 Å². The number of carbonyl (C=O) groups is 2. The Hall–Kier alpha value is -5.43. The highest BCUT2D eigenvalue weighted by atomic mass is 16.6. The zero-order valence-electron chi connectivity index (χ0n) is 31.2. The lowest BCUT2D eigenvalue weighted by molar-refractivity contribution is -0.670. The molecule has 0 saturated carbocycles. The molecule has 0 unspecified atom stereocenters. The second-order valence-corrected chi connectivity index (χ2v) is 11.9. The van der Waals surface area contributed by atoms with E-state index >= 15 is 0 Å². The molecule has 0 aliphatic rings. The number of ether oxygens (including phenoxy) is 8. The molecule has 3 heterocycles. The van der Waals surface area contributed by atoms with Crippen molar-refractivity contribution in [3.8, 4) is 33.9 Å². The number of nitrogens with zero attached hydrogens (tertiary/aromatic N) is 7. The van der Waals surface area contributed by atoms with Gasteiger partial charge in [-0.1, -0.05) is 22.6 Å². The fourth-order valence-electron chi connectivity index (χ4n) is 5.08. The predicted octanol–water partition coefficient (Wildman–Crippen LogP) is 2.68. The van der Waals surface area contributed by atoms with Crippen LogP contribution in [0.4, 0.5) is 0 Å². The summed E-state index contributed by atoms with van der Waals surface area (Å²) in [6.45, 7) is 4.45. The van der Waals surface area contributed by atoms with Gasteiger partial charge in [0, 0.05) is 14.2 Å². The summed E-state index contributed by atoms with van der Waals surface area (Å²) < 4.78 is 47.2. The summed E-state index contributed by atoms with van der Waals surface area (Å²) >= 11 is 0. The van der Waals surface area contributed by atoms with Gasteiger partial charge in [0.15, 0.2) is 12.4 Å². The number of hydrogen-bond donors (Lipinski definition) is 0. The number of methoxy groups -OCH3 is 2. The average molecular weight is 761 g/mol. The molecule has 0 aliphatic heterocycles. The van der Waals surface area contributed by atoms with Crippen LogP contribution in [0.25, 0.3) is 33.9 Å². The van der Waals surface area contributed by atoms with Gasteiger partial charge in [0.2, 0.25) is 0 Å². The minimum absolute atomic E-state index is 0.112. The molecule has 0 atom stereocenters. The van der Waals surface area contributed by atoms with Crippen LogP contribution in [-0.2, 0) is 44.9 Å². The van der Waals surface area contributed by atoms with Crippen LogP contribution in [0.15, 0.2) is 79.4 Å². The lowest BCUT2D eigenvalue weighted by atomic mass is 10.1. The van der Waals surface area contributed by atoms with Crippen molar-refractivity contribution in [2.45, 2.75) is 0 Å². The Morgan fingerprint density at radius 2 is 0.964 bits per heavy atom. The monoisotopic (exact) mass is 760 g/mol. The summed E-state index contributed by atoms with van der Waals surface area (Å²) in [7, 11) is 5.13. The van der Waals surface area contributed by atoms with E-state index in [1.54, 1.807) is 72.4 Å². The lowest BCUT2D eigenvalue weighted by Gasteiger charge is -2.08. The van der Waals surface area contributed by atoms with Gasteiger partial charge in [0.1, 0.15) is 31.6 Å². The van der Waals surface area contributed by atoms with Crippen LogP contribution in [0.3, 0.4) is 0 Å². The second-order valence-electron chi connectivity index (χ2n) is 11.9. The number of pyridine rings is 1. The van der Waals surface area contributed by atoms with Crippen LogP contribution < -0.4 is 4.57 Å². The second kappa shape index (κ2) is 22.1. The first-order valence-corrected chi connectivity index (χ1v) is 17.6. The molecule has 0 N–H and O–H groups in total. The van der Waals surface area contributed by atoms with E-state index in [9.17, 15) is 9.59 Å². The summed E-state index contributed by atoms with van der Waals surface area (Å²) in [6, 6.07) is 15.8. The van der Waals surface area contributed by atoms with E-state index < -0.39 is 11.9 Å². The molecule has 5 aromatic rings. The Balaban J connectivity index is 1.16. The SMILES string of the molecule is COCCOCCOCCOC(=O)c1cccc(-n2cc(-c3cc(-c4cn(-c5cccc(C(=O)OCCOCCOCCOC)c5)nn4)c[n+](C)c3)nn2)c1. The van der Waals surface area contributed by atoms with Gasteiger partial charge in [-0.25, -0.2) is 23.5 Å². The molecule has 2 aromatic carbocycles. The van der Waals surface area contributed by atoms with E-state index in [0.717, 1.165) is 11.1 Å². The highest BCUT2D eigenvalue weighted by Crippen LogP contribution is 2.24. The minimum Gasteiger partial charge on any atom is -0.460 e. The maximum Gasteiger partial charge on any atom is 0.338 e. The largest absolute Gasteiger partial charge is 0.460 e. The van der Waals surface area contributed by atoms with Gasteiger partial charge in [0.05, 0.1) is 112 Å². The first-order valence-electron chi connectivity index (χ1n) is 17.6. The Morgan fingerprint density at radius 3 is 1.38 bits per heavy atom. The zero-order valence-corrected chi connectivity index (χ0v) is 31.2. The first-order chi connectivity index (χ1) is 26.9. The fraction of sp³-hybridized carbons (Fsp3) is 0.395. The average Bonchev–Trinajstić information content (AvgIpc) is 3.91. The smallest absolute Gasteiger partial charge is 0.338 e. The van der Waals surface area contributed by atoms with E-state index in [0.29, 0.717) is 86.7 Å². The quantitative estimate of drug-likeness (QED) is 0.0510. The molecule has 3 aromatic heterocycles. The van der Waals surface area contributed by atoms with Gasteiger partial charge in [-0.15, -0.1) is 10.2 Å². The highest BCUT2D eigenvalue weighted by molar-refractivity contribution is 5.90. The van der Waals surface area contributed by atoms with Crippen LogP contribution in [0, 0.1) is 0 Å². The summed E-state index contributed by atoms with van der Waals surface area (Å²) in [6.07, 6.45) is 7.39. The van der Waals surface area contributed by atoms with Crippen molar-refractivity contribution in [2.24, 2.45) is 7.05 Å². The number of carbonyl (C=O) groups excluding carboxylic acids is 2. The van der Waals surface area contributed by atoms with E-state index in [-0.39, 0.29) is 26.4 Å². The third-order valence-corrected chi connectivity index (χ3v) is 7.80. The first kappa shape index (κ1) is 40.7. The number of rotatable bonds is 24. The van der Waals surface area contributed by atoms with Crippen molar-refractivity contribution in [3.63, 3.8) is 0 Å². The van der Waals surface area contributed by atoms with Gasteiger partial charge >= 0.3 is 11.9 Å². The van der Waals surface area contributed by atoms with Gasteiger partial charge in [-0.3, -0.25) is 0 Å². The summed E-state index contributed by atoms with van der Waals surface area (Å²) in [5.41, 5.74) is 4.80. The molecule has 292 valence electrons. The Kier molecular flexibility index (Phi) is 16.4. The maximum absolute atomic E-state index is 12.7. The maximum atomic E-state index is 12.7. The normalized spacial score (nSPS) is 11.2. The molecule has 0 fully saturated rings. The fourth-order valence-corrected chi connectivity index (χ4v) is 5.08. The van der Waals surface area contributed by atoms with Crippen molar-refractivity contribution in [3.05, 3.63) is 90.5 Å². The topological polar surface area (TPSA) is 173 Å². The molecule has 55 heavy (non-hydrogen) atoms. The molecule has 0 spiro atoms.